The molecule has 3 heterocycles. The third-order valence-electron chi connectivity index (χ3n) is 11.8. The molecule has 1 aliphatic carbocycles. The lowest BCUT2D eigenvalue weighted by atomic mass is 9.81. The van der Waals surface area contributed by atoms with Crippen molar-refractivity contribution in [2.24, 2.45) is 0 Å². The predicted octanol–water partition coefficient (Wildman–Crippen LogP) is 13.8. The van der Waals surface area contributed by atoms with Gasteiger partial charge in [0.2, 0.25) is 0 Å². The van der Waals surface area contributed by atoms with Crippen LogP contribution in [0, 0.1) is 0 Å². The maximum atomic E-state index is 5.45. The molecule has 1 aliphatic rings. The van der Waals surface area contributed by atoms with E-state index in [9.17, 15) is 0 Å². The van der Waals surface area contributed by atoms with E-state index in [1.165, 1.54) is 64.3 Å². The second kappa shape index (κ2) is 12.1. The molecular weight excluding hydrogens is 687 g/mol. The smallest absolute Gasteiger partial charge is 0.162 e. The van der Waals surface area contributed by atoms with Gasteiger partial charge in [0.1, 0.15) is 5.82 Å². The maximum Gasteiger partial charge on any atom is 0.162 e. The summed E-state index contributed by atoms with van der Waals surface area (Å²) in [5.74, 6) is 1.66. The molecular formula is C51H37N3S. The summed E-state index contributed by atoms with van der Waals surface area (Å²) in [4.78, 5) is 10.7. The van der Waals surface area contributed by atoms with Crippen molar-refractivity contribution < 1.29 is 0 Å². The van der Waals surface area contributed by atoms with Crippen LogP contribution in [0.3, 0.4) is 0 Å². The van der Waals surface area contributed by atoms with E-state index in [0.717, 1.165) is 51.5 Å². The largest absolute Gasteiger partial charge is 0.293 e. The first kappa shape index (κ1) is 32.1. The Labute approximate surface area is 324 Å². The lowest BCUT2D eigenvalue weighted by Gasteiger charge is -2.22. The van der Waals surface area contributed by atoms with Crippen LogP contribution in [-0.4, -0.2) is 14.5 Å². The summed E-state index contributed by atoms with van der Waals surface area (Å²) in [6.07, 6.45) is 0.790. The van der Waals surface area contributed by atoms with E-state index in [2.05, 4.69) is 177 Å². The number of para-hydroxylation sites is 1. The van der Waals surface area contributed by atoms with Gasteiger partial charge in [0.25, 0.3) is 0 Å². The zero-order valence-corrected chi connectivity index (χ0v) is 31.8. The van der Waals surface area contributed by atoms with Crippen LogP contribution in [0.4, 0.5) is 0 Å². The summed E-state index contributed by atoms with van der Waals surface area (Å²) in [6.45, 7) is 7.01. The summed E-state index contributed by atoms with van der Waals surface area (Å²) >= 11 is 1.90. The zero-order valence-electron chi connectivity index (χ0n) is 31.0. The normalized spacial score (nSPS) is 13.2. The summed E-state index contributed by atoms with van der Waals surface area (Å²) < 4.78 is 5.09. The number of hydrogen-bond donors (Lipinski definition) is 0. The van der Waals surface area contributed by atoms with Crippen molar-refractivity contribution in [3.05, 3.63) is 174 Å². The van der Waals surface area contributed by atoms with Crippen LogP contribution in [-0.2, 0) is 11.8 Å². The molecule has 0 atom stereocenters. The van der Waals surface area contributed by atoms with Crippen molar-refractivity contribution in [2.45, 2.75) is 32.6 Å². The summed E-state index contributed by atoms with van der Waals surface area (Å²) in [6, 6.07) is 57.4. The van der Waals surface area contributed by atoms with Crippen LogP contribution in [0.15, 0.2) is 158 Å². The fourth-order valence-electron chi connectivity index (χ4n) is 9.10. The molecule has 0 saturated heterocycles. The Morgan fingerprint density at radius 3 is 2.02 bits per heavy atom. The first-order valence-corrected chi connectivity index (χ1v) is 20.0. The van der Waals surface area contributed by atoms with Gasteiger partial charge in [-0.05, 0) is 70.1 Å². The Morgan fingerprint density at radius 1 is 0.527 bits per heavy atom. The Kier molecular flexibility index (Phi) is 7.05. The van der Waals surface area contributed by atoms with Gasteiger partial charge >= 0.3 is 0 Å². The molecule has 0 spiro atoms. The number of benzene rings is 7. The lowest BCUT2D eigenvalue weighted by Crippen LogP contribution is -2.15. The predicted molar refractivity (Wildman–Crippen MR) is 233 cm³/mol. The molecule has 0 amide bonds. The fraction of sp³-hybridized carbons (Fsp3) is 0.0980. The van der Waals surface area contributed by atoms with E-state index in [1.807, 2.05) is 17.4 Å². The molecule has 262 valence electrons. The quantitative estimate of drug-likeness (QED) is 0.177. The second-order valence-corrected chi connectivity index (χ2v) is 16.3. The molecule has 10 aromatic rings. The summed E-state index contributed by atoms with van der Waals surface area (Å²) in [5.41, 5.74) is 14.2. The van der Waals surface area contributed by atoms with Crippen molar-refractivity contribution in [2.75, 3.05) is 0 Å². The number of nitrogens with zero attached hydrogens (tertiary/aromatic N) is 3. The molecule has 11 rings (SSSR count). The van der Waals surface area contributed by atoms with Gasteiger partial charge in [0.15, 0.2) is 5.82 Å². The number of rotatable bonds is 5. The highest BCUT2D eigenvalue weighted by molar-refractivity contribution is 7.26. The Bertz CT molecular complexity index is 3150. The standard InChI is InChI=1S/C51H37N3S/c1-4-34-47(31-16-7-5-8-17-31)52-49(32-18-9-6-10-19-32)53-50(34)54-44-24-13-11-20-37(44)41-29-43-40(30-45(41)54)36-27-26-33(28-42(36)51(43,2)3)35-22-15-23-39-38-21-12-14-25-46(38)55-48(35)39/h5-30H,4H2,1-3H3. The van der Waals surface area contributed by atoms with Crippen molar-refractivity contribution in [1.29, 1.82) is 0 Å². The van der Waals surface area contributed by atoms with Crippen molar-refractivity contribution in [1.82, 2.24) is 14.5 Å². The molecule has 0 N–H and O–H groups in total. The molecule has 0 radical (unpaired) electrons. The summed E-state index contributed by atoms with van der Waals surface area (Å²) in [5, 5.41) is 5.14. The van der Waals surface area contributed by atoms with Gasteiger partial charge in [-0.15, -0.1) is 11.3 Å². The van der Waals surface area contributed by atoms with Gasteiger partial charge in [-0.25, -0.2) is 9.97 Å². The van der Waals surface area contributed by atoms with Gasteiger partial charge in [-0.1, -0.05) is 148 Å². The van der Waals surface area contributed by atoms with Crippen LogP contribution in [0.1, 0.15) is 37.5 Å². The van der Waals surface area contributed by atoms with Crippen molar-refractivity contribution in [3.63, 3.8) is 0 Å². The first-order chi connectivity index (χ1) is 27.0. The molecule has 0 unspecified atom stereocenters. The molecule has 3 nitrogen and oxygen atoms in total. The molecule has 3 aromatic heterocycles. The van der Waals surface area contributed by atoms with Gasteiger partial charge in [0, 0.05) is 53.1 Å². The molecule has 0 bridgehead atoms. The lowest BCUT2D eigenvalue weighted by molar-refractivity contribution is 0.661. The van der Waals surface area contributed by atoms with Crippen molar-refractivity contribution >= 4 is 53.3 Å². The Morgan fingerprint density at radius 2 is 1.22 bits per heavy atom. The maximum absolute atomic E-state index is 5.45. The average molecular weight is 724 g/mol. The molecule has 0 aliphatic heterocycles. The molecule has 0 fully saturated rings. The van der Waals surface area contributed by atoms with Gasteiger partial charge in [-0.3, -0.25) is 4.57 Å². The minimum absolute atomic E-state index is 0.184. The van der Waals surface area contributed by atoms with E-state index in [0.29, 0.717) is 0 Å². The SMILES string of the molecule is CCc1c(-c2ccccc2)nc(-c2ccccc2)nc1-n1c2ccccc2c2cc3c(cc21)-c1ccc(-c2cccc4c2sc2ccccc24)cc1C3(C)C. The van der Waals surface area contributed by atoms with E-state index < -0.39 is 0 Å². The third kappa shape index (κ3) is 4.74. The summed E-state index contributed by atoms with van der Waals surface area (Å²) in [7, 11) is 0. The number of aromatic nitrogens is 3. The molecule has 7 aromatic carbocycles. The van der Waals surface area contributed by atoms with E-state index in [1.54, 1.807) is 0 Å². The Balaban J connectivity index is 1.16. The third-order valence-corrected chi connectivity index (χ3v) is 13.0. The fourth-order valence-corrected chi connectivity index (χ4v) is 10.3. The number of hydrogen-bond acceptors (Lipinski definition) is 3. The molecule has 55 heavy (non-hydrogen) atoms. The zero-order chi connectivity index (χ0) is 36.8. The van der Waals surface area contributed by atoms with E-state index in [-0.39, 0.29) is 5.41 Å². The average Bonchev–Trinajstić information content (AvgIpc) is 3.85. The van der Waals surface area contributed by atoms with E-state index >= 15 is 0 Å². The van der Waals surface area contributed by atoms with Crippen LogP contribution in [0.2, 0.25) is 0 Å². The van der Waals surface area contributed by atoms with Crippen LogP contribution >= 0.6 is 11.3 Å². The van der Waals surface area contributed by atoms with Gasteiger partial charge in [-0.2, -0.15) is 0 Å². The van der Waals surface area contributed by atoms with Crippen LogP contribution < -0.4 is 0 Å². The number of fused-ring (bicyclic) bond motifs is 9. The van der Waals surface area contributed by atoms with Crippen LogP contribution in [0.25, 0.3) is 92.7 Å². The highest BCUT2D eigenvalue weighted by atomic mass is 32.1. The highest BCUT2D eigenvalue weighted by Crippen LogP contribution is 2.53. The van der Waals surface area contributed by atoms with E-state index in [4.69, 9.17) is 9.97 Å². The first-order valence-electron chi connectivity index (χ1n) is 19.1. The Hall–Kier alpha value is -6.36. The van der Waals surface area contributed by atoms with Crippen molar-refractivity contribution in [3.8, 4) is 50.7 Å². The minimum atomic E-state index is -0.184. The minimum Gasteiger partial charge on any atom is -0.293 e. The van der Waals surface area contributed by atoms with Crippen LogP contribution in [0.5, 0.6) is 0 Å². The molecule has 0 saturated carbocycles. The number of thiophene rings is 1. The monoisotopic (exact) mass is 723 g/mol. The van der Waals surface area contributed by atoms with Gasteiger partial charge in [0.05, 0.1) is 16.7 Å². The van der Waals surface area contributed by atoms with Gasteiger partial charge < -0.3 is 0 Å². The topological polar surface area (TPSA) is 30.7 Å². The molecule has 4 heteroatoms. The second-order valence-electron chi connectivity index (χ2n) is 15.2. The highest BCUT2D eigenvalue weighted by Gasteiger charge is 2.37.